The Balaban J connectivity index is 1.51. The summed E-state index contributed by atoms with van der Waals surface area (Å²) in [5, 5.41) is 18.2. The molecule has 9 nitrogen and oxygen atoms in total. The van der Waals surface area contributed by atoms with Crippen molar-refractivity contribution < 1.29 is 4.79 Å². The molecule has 9 heteroatoms. The number of anilines is 1. The molecule has 0 radical (unpaired) electrons. The number of aromatic nitrogens is 6. The standard InChI is InChI=1S/C21H22N8O/c1-13-4-6-15(7-5-13)29-18(9-16(28-29)14-3-2-8-22-10-14)25-21(30)20-19-17(26-27-20)11-23-12-24-19/h4-7,9,11-12,14,22H,2-3,8,10H2,1H3,(H,25,30)(H,26,27). The zero-order valence-corrected chi connectivity index (χ0v) is 16.6. The maximum absolute atomic E-state index is 13.0. The summed E-state index contributed by atoms with van der Waals surface area (Å²) in [5.41, 5.74) is 4.34. The van der Waals surface area contributed by atoms with Gasteiger partial charge in [-0.15, -0.1) is 0 Å². The van der Waals surface area contributed by atoms with Gasteiger partial charge < -0.3 is 10.6 Å². The molecule has 3 aromatic heterocycles. The Labute approximate surface area is 172 Å². The van der Waals surface area contributed by atoms with Crippen molar-refractivity contribution in [2.24, 2.45) is 0 Å². The summed E-state index contributed by atoms with van der Waals surface area (Å²) in [5.74, 6) is 0.580. The second-order valence-corrected chi connectivity index (χ2v) is 7.56. The van der Waals surface area contributed by atoms with Crippen LogP contribution in [-0.2, 0) is 0 Å². The first-order valence-corrected chi connectivity index (χ1v) is 10.0. The van der Waals surface area contributed by atoms with Crippen molar-refractivity contribution in [1.82, 2.24) is 35.3 Å². The van der Waals surface area contributed by atoms with E-state index >= 15 is 0 Å². The van der Waals surface area contributed by atoms with Crippen molar-refractivity contribution in [2.45, 2.75) is 25.7 Å². The van der Waals surface area contributed by atoms with Crippen LogP contribution in [-0.4, -0.2) is 48.9 Å². The van der Waals surface area contributed by atoms with Crippen molar-refractivity contribution in [1.29, 1.82) is 0 Å². The molecule has 1 aliphatic rings. The first-order valence-electron chi connectivity index (χ1n) is 10.0. The quantitative estimate of drug-likeness (QED) is 0.483. The highest BCUT2D eigenvalue weighted by molar-refractivity contribution is 6.09. The molecule has 0 saturated carbocycles. The van der Waals surface area contributed by atoms with Crippen molar-refractivity contribution in [3.63, 3.8) is 0 Å². The van der Waals surface area contributed by atoms with Crippen molar-refractivity contribution in [3.05, 3.63) is 59.8 Å². The summed E-state index contributed by atoms with van der Waals surface area (Å²) >= 11 is 0. The van der Waals surface area contributed by atoms with Gasteiger partial charge in [0.05, 0.1) is 17.6 Å². The number of aromatic amines is 1. The monoisotopic (exact) mass is 402 g/mol. The van der Waals surface area contributed by atoms with E-state index in [0.29, 0.717) is 22.8 Å². The van der Waals surface area contributed by atoms with E-state index in [1.54, 1.807) is 10.9 Å². The number of fused-ring (bicyclic) bond motifs is 1. The zero-order valence-electron chi connectivity index (χ0n) is 16.6. The Morgan fingerprint density at radius 3 is 2.93 bits per heavy atom. The van der Waals surface area contributed by atoms with Crippen LogP contribution in [0.4, 0.5) is 5.82 Å². The summed E-state index contributed by atoms with van der Waals surface area (Å²) in [6.07, 6.45) is 5.19. The highest BCUT2D eigenvalue weighted by atomic mass is 16.2. The van der Waals surface area contributed by atoms with Gasteiger partial charge >= 0.3 is 0 Å². The highest BCUT2D eigenvalue weighted by Crippen LogP contribution is 2.27. The minimum atomic E-state index is -0.346. The third kappa shape index (κ3) is 3.43. The zero-order chi connectivity index (χ0) is 20.5. The van der Waals surface area contributed by atoms with E-state index in [-0.39, 0.29) is 11.6 Å². The van der Waals surface area contributed by atoms with E-state index < -0.39 is 0 Å². The van der Waals surface area contributed by atoms with Crippen LogP contribution in [0.1, 0.15) is 40.5 Å². The summed E-state index contributed by atoms with van der Waals surface area (Å²) < 4.78 is 1.78. The van der Waals surface area contributed by atoms with Gasteiger partial charge in [0.2, 0.25) is 0 Å². The molecule has 30 heavy (non-hydrogen) atoms. The number of hydrogen-bond acceptors (Lipinski definition) is 6. The van der Waals surface area contributed by atoms with E-state index in [0.717, 1.165) is 42.9 Å². The largest absolute Gasteiger partial charge is 0.316 e. The molecule has 4 aromatic rings. The highest BCUT2D eigenvalue weighted by Gasteiger charge is 2.23. The predicted octanol–water partition coefficient (Wildman–Crippen LogP) is 2.57. The molecule has 1 amide bonds. The van der Waals surface area contributed by atoms with Gasteiger partial charge in [-0.1, -0.05) is 17.7 Å². The number of nitrogens with one attached hydrogen (secondary N) is 3. The number of aryl methyl sites for hydroxylation is 1. The topological polar surface area (TPSA) is 113 Å². The van der Waals surface area contributed by atoms with Crippen LogP contribution < -0.4 is 10.6 Å². The van der Waals surface area contributed by atoms with Gasteiger partial charge in [0.25, 0.3) is 5.91 Å². The van der Waals surface area contributed by atoms with E-state index in [1.165, 1.54) is 6.33 Å². The lowest BCUT2D eigenvalue weighted by atomic mass is 9.96. The molecule has 5 rings (SSSR count). The van der Waals surface area contributed by atoms with Gasteiger partial charge in [-0.3, -0.25) is 9.89 Å². The van der Waals surface area contributed by atoms with Crippen LogP contribution in [0.3, 0.4) is 0 Å². The fraction of sp³-hybridized carbons (Fsp3) is 0.286. The van der Waals surface area contributed by atoms with Gasteiger partial charge in [-0.2, -0.15) is 10.2 Å². The smallest absolute Gasteiger partial charge is 0.279 e. The minimum absolute atomic E-state index is 0.227. The lowest BCUT2D eigenvalue weighted by molar-refractivity contribution is 0.102. The summed E-state index contributed by atoms with van der Waals surface area (Å²) in [7, 11) is 0. The first-order chi connectivity index (χ1) is 14.7. The Bertz CT molecular complexity index is 1190. The average molecular weight is 402 g/mol. The summed E-state index contributed by atoms with van der Waals surface area (Å²) in [4.78, 5) is 21.1. The summed E-state index contributed by atoms with van der Waals surface area (Å²) in [6.45, 7) is 3.96. The SMILES string of the molecule is Cc1ccc(-n2nc(C3CCCNC3)cc2NC(=O)c2n[nH]c3cncnc23)cc1. The van der Waals surface area contributed by atoms with E-state index in [9.17, 15) is 4.79 Å². The predicted molar refractivity (Wildman–Crippen MR) is 113 cm³/mol. The number of nitrogens with zero attached hydrogens (tertiary/aromatic N) is 5. The lowest BCUT2D eigenvalue weighted by Crippen LogP contribution is -2.28. The number of rotatable bonds is 4. The van der Waals surface area contributed by atoms with Crippen LogP contribution in [0.5, 0.6) is 0 Å². The molecule has 152 valence electrons. The molecule has 0 spiro atoms. The molecule has 0 aliphatic carbocycles. The molecule has 1 fully saturated rings. The normalized spacial score (nSPS) is 16.6. The van der Waals surface area contributed by atoms with E-state index in [1.807, 2.05) is 37.3 Å². The lowest BCUT2D eigenvalue weighted by Gasteiger charge is -2.20. The van der Waals surface area contributed by atoms with Gasteiger partial charge in [0.15, 0.2) is 5.69 Å². The third-order valence-corrected chi connectivity index (χ3v) is 5.40. The molecule has 1 aromatic carbocycles. The minimum Gasteiger partial charge on any atom is -0.316 e. The number of piperidine rings is 1. The maximum Gasteiger partial charge on any atom is 0.279 e. The van der Waals surface area contributed by atoms with Crippen molar-refractivity contribution >= 4 is 22.8 Å². The Morgan fingerprint density at radius 1 is 1.27 bits per heavy atom. The number of benzene rings is 1. The van der Waals surface area contributed by atoms with Crippen LogP contribution in [0, 0.1) is 6.92 Å². The Kier molecular flexibility index (Phi) is 4.72. The molecule has 4 heterocycles. The fourth-order valence-electron chi connectivity index (χ4n) is 3.78. The number of carbonyl (C=O) groups excluding carboxylic acids is 1. The van der Waals surface area contributed by atoms with E-state index in [2.05, 4.69) is 30.8 Å². The second kappa shape index (κ2) is 7.68. The van der Waals surface area contributed by atoms with Crippen LogP contribution >= 0.6 is 0 Å². The van der Waals surface area contributed by atoms with Gasteiger partial charge in [0, 0.05) is 18.5 Å². The third-order valence-electron chi connectivity index (χ3n) is 5.40. The molecule has 1 atom stereocenters. The van der Waals surface area contributed by atoms with Crippen LogP contribution in [0.2, 0.25) is 0 Å². The maximum atomic E-state index is 13.0. The van der Waals surface area contributed by atoms with Crippen molar-refractivity contribution in [2.75, 3.05) is 18.4 Å². The Hall–Kier alpha value is -3.59. The van der Waals surface area contributed by atoms with Crippen LogP contribution in [0.25, 0.3) is 16.7 Å². The molecule has 1 saturated heterocycles. The second-order valence-electron chi connectivity index (χ2n) is 7.56. The van der Waals surface area contributed by atoms with Crippen LogP contribution in [0.15, 0.2) is 42.9 Å². The Morgan fingerprint density at radius 2 is 2.13 bits per heavy atom. The molecule has 1 unspecified atom stereocenters. The average Bonchev–Trinajstić information content (AvgIpc) is 3.39. The number of hydrogen-bond donors (Lipinski definition) is 3. The van der Waals surface area contributed by atoms with Crippen molar-refractivity contribution in [3.8, 4) is 5.69 Å². The fourth-order valence-corrected chi connectivity index (χ4v) is 3.78. The summed E-state index contributed by atoms with van der Waals surface area (Å²) in [6, 6.07) is 10.0. The van der Waals surface area contributed by atoms with Gasteiger partial charge in [-0.25, -0.2) is 14.6 Å². The van der Waals surface area contributed by atoms with E-state index in [4.69, 9.17) is 5.10 Å². The molecular formula is C21H22N8O. The number of H-pyrrole nitrogens is 1. The molecular weight excluding hydrogens is 380 g/mol. The van der Waals surface area contributed by atoms with Gasteiger partial charge in [-0.05, 0) is 38.4 Å². The first kappa shape index (κ1) is 18.4. The molecule has 1 aliphatic heterocycles. The molecule has 3 N–H and O–H groups in total. The number of carbonyl (C=O) groups is 1. The number of amides is 1. The van der Waals surface area contributed by atoms with Gasteiger partial charge in [0.1, 0.15) is 23.2 Å². The molecule has 0 bridgehead atoms.